The molecule has 3 N–H and O–H groups in total. The van der Waals surface area contributed by atoms with Gasteiger partial charge < -0.3 is 20.5 Å². The number of ether oxygens (including phenoxy) is 1. The molecule has 82 valence electrons. The Morgan fingerprint density at radius 3 is 2.86 bits per heavy atom. The summed E-state index contributed by atoms with van der Waals surface area (Å²) in [5, 5.41) is 9.10. The minimum atomic E-state index is -0.525. The molecule has 0 aromatic carbocycles. The SMILES string of the molecule is COC(=O)N1CCCC(N)(CO)CC1. The number of nitrogens with zero attached hydrogens (tertiary/aromatic N) is 1. The van der Waals surface area contributed by atoms with Crippen molar-refractivity contribution in [3.8, 4) is 0 Å². The fraction of sp³-hybridized carbons (Fsp3) is 0.889. The van der Waals surface area contributed by atoms with Crippen LogP contribution < -0.4 is 5.73 Å². The zero-order chi connectivity index (χ0) is 10.6. The van der Waals surface area contributed by atoms with E-state index in [0.29, 0.717) is 19.5 Å². The number of rotatable bonds is 1. The minimum absolute atomic E-state index is 0.0258. The van der Waals surface area contributed by atoms with Crippen LogP contribution >= 0.6 is 0 Å². The maximum atomic E-state index is 11.2. The topological polar surface area (TPSA) is 75.8 Å². The Balaban J connectivity index is 2.52. The van der Waals surface area contributed by atoms with Crippen LogP contribution in [0.3, 0.4) is 0 Å². The van der Waals surface area contributed by atoms with Gasteiger partial charge in [-0.2, -0.15) is 0 Å². The molecule has 1 atom stereocenters. The molecular formula is C9H18N2O3. The van der Waals surface area contributed by atoms with Crippen molar-refractivity contribution in [2.45, 2.75) is 24.8 Å². The quantitative estimate of drug-likeness (QED) is 0.624. The predicted octanol–water partition coefficient (Wildman–Crippen LogP) is -0.0715. The number of carbonyl (C=O) groups excluding carboxylic acids is 1. The van der Waals surface area contributed by atoms with E-state index in [2.05, 4.69) is 4.74 Å². The number of methoxy groups -OCH3 is 1. The number of aliphatic hydroxyl groups excluding tert-OH is 1. The monoisotopic (exact) mass is 202 g/mol. The number of carbonyl (C=O) groups is 1. The van der Waals surface area contributed by atoms with Gasteiger partial charge in [0.2, 0.25) is 0 Å². The van der Waals surface area contributed by atoms with Crippen molar-refractivity contribution in [3.63, 3.8) is 0 Å². The van der Waals surface area contributed by atoms with Gasteiger partial charge in [0.25, 0.3) is 0 Å². The molecule has 0 radical (unpaired) electrons. The molecule has 1 rings (SSSR count). The van der Waals surface area contributed by atoms with Crippen molar-refractivity contribution in [3.05, 3.63) is 0 Å². The largest absolute Gasteiger partial charge is 0.453 e. The molecule has 1 aliphatic heterocycles. The average Bonchev–Trinajstić information content (AvgIpc) is 2.40. The molecule has 0 aromatic heterocycles. The van der Waals surface area contributed by atoms with E-state index in [1.807, 2.05) is 0 Å². The van der Waals surface area contributed by atoms with Gasteiger partial charge in [0.15, 0.2) is 0 Å². The van der Waals surface area contributed by atoms with Crippen LogP contribution in [0.5, 0.6) is 0 Å². The fourth-order valence-electron chi connectivity index (χ4n) is 1.69. The Morgan fingerprint density at radius 1 is 1.57 bits per heavy atom. The first-order valence-corrected chi connectivity index (χ1v) is 4.84. The van der Waals surface area contributed by atoms with Crippen molar-refractivity contribution in [2.75, 3.05) is 26.8 Å². The van der Waals surface area contributed by atoms with Crippen LogP contribution in [-0.4, -0.2) is 48.4 Å². The lowest BCUT2D eigenvalue weighted by molar-refractivity contribution is 0.122. The van der Waals surface area contributed by atoms with Gasteiger partial charge in [0.1, 0.15) is 0 Å². The van der Waals surface area contributed by atoms with Crippen LogP contribution in [0.15, 0.2) is 0 Å². The van der Waals surface area contributed by atoms with Crippen molar-refractivity contribution >= 4 is 6.09 Å². The van der Waals surface area contributed by atoms with Crippen LogP contribution in [0.25, 0.3) is 0 Å². The van der Waals surface area contributed by atoms with Crippen LogP contribution in [0.2, 0.25) is 0 Å². The van der Waals surface area contributed by atoms with E-state index in [0.717, 1.165) is 12.8 Å². The highest BCUT2D eigenvalue weighted by molar-refractivity contribution is 5.67. The highest BCUT2D eigenvalue weighted by atomic mass is 16.5. The number of amides is 1. The Bertz CT molecular complexity index is 210. The van der Waals surface area contributed by atoms with Crippen molar-refractivity contribution < 1.29 is 14.6 Å². The molecule has 0 bridgehead atoms. The Kier molecular flexibility index (Phi) is 3.71. The van der Waals surface area contributed by atoms with Gasteiger partial charge in [-0.1, -0.05) is 0 Å². The van der Waals surface area contributed by atoms with Crippen LogP contribution in [0, 0.1) is 0 Å². The normalized spacial score (nSPS) is 28.4. The zero-order valence-electron chi connectivity index (χ0n) is 8.53. The van der Waals surface area contributed by atoms with Gasteiger partial charge in [-0.15, -0.1) is 0 Å². The summed E-state index contributed by atoms with van der Waals surface area (Å²) in [6, 6.07) is 0. The van der Waals surface area contributed by atoms with Crippen molar-refractivity contribution in [1.82, 2.24) is 4.90 Å². The molecule has 14 heavy (non-hydrogen) atoms. The highest BCUT2D eigenvalue weighted by Crippen LogP contribution is 2.19. The first kappa shape index (κ1) is 11.3. The summed E-state index contributed by atoms with van der Waals surface area (Å²) >= 11 is 0. The lowest BCUT2D eigenvalue weighted by Gasteiger charge is -2.25. The second-order valence-corrected chi connectivity index (χ2v) is 3.83. The molecule has 5 heteroatoms. The average molecular weight is 202 g/mol. The maximum Gasteiger partial charge on any atom is 0.409 e. The third-order valence-corrected chi connectivity index (χ3v) is 2.73. The smallest absolute Gasteiger partial charge is 0.409 e. The van der Waals surface area contributed by atoms with Gasteiger partial charge >= 0.3 is 6.09 Å². The van der Waals surface area contributed by atoms with E-state index >= 15 is 0 Å². The van der Waals surface area contributed by atoms with E-state index in [4.69, 9.17) is 10.8 Å². The molecule has 5 nitrogen and oxygen atoms in total. The van der Waals surface area contributed by atoms with Crippen LogP contribution in [-0.2, 0) is 4.74 Å². The van der Waals surface area contributed by atoms with Gasteiger partial charge in [0, 0.05) is 18.6 Å². The lowest BCUT2D eigenvalue weighted by atomic mass is 9.93. The highest BCUT2D eigenvalue weighted by Gasteiger charge is 2.29. The summed E-state index contributed by atoms with van der Waals surface area (Å²) in [6.07, 6.45) is 1.87. The van der Waals surface area contributed by atoms with Crippen LogP contribution in [0.4, 0.5) is 4.79 Å². The van der Waals surface area contributed by atoms with E-state index in [-0.39, 0.29) is 12.7 Å². The Labute approximate surface area is 83.8 Å². The molecule has 1 amide bonds. The summed E-state index contributed by atoms with van der Waals surface area (Å²) in [6.45, 7) is 1.19. The second kappa shape index (κ2) is 4.61. The van der Waals surface area contributed by atoms with Crippen molar-refractivity contribution in [2.24, 2.45) is 5.73 Å². The number of hydrogen-bond acceptors (Lipinski definition) is 4. The minimum Gasteiger partial charge on any atom is -0.453 e. The molecule has 1 heterocycles. The van der Waals surface area contributed by atoms with Crippen molar-refractivity contribution in [1.29, 1.82) is 0 Å². The third kappa shape index (κ3) is 2.59. The third-order valence-electron chi connectivity index (χ3n) is 2.73. The number of aliphatic hydroxyl groups is 1. The van der Waals surface area contributed by atoms with Crippen LogP contribution in [0.1, 0.15) is 19.3 Å². The molecule has 1 aliphatic rings. The van der Waals surface area contributed by atoms with E-state index in [1.54, 1.807) is 4.90 Å². The van der Waals surface area contributed by atoms with Gasteiger partial charge in [-0.3, -0.25) is 0 Å². The Morgan fingerprint density at radius 2 is 2.29 bits per heavy atom. The summed E-state index contributed by atoms with van der Waals surface area (Å²) in [5.74, 6) is 0. The predicted molar refractivity (Wildman–Crippen MR) is 51.8 cm³/mol. The first-order valence-electron chi connectivity index (χ1n) is 4.84. The number of likely N-dealkylation sites (tertiary alicyclic amines) is 1. The van der Waals surface area contributed by atoms with Gasteiger partial charge in [0.05, 0.1) is 13.7 Å². The van der Waals surface area contributed by atoms with Gasteiger partial charge in [-0.05, 0) is 19.3 Å². The zero-order valence-corrected chi connectivity index (χ0v) is 8.53. The molecule has 0 aromatic rings. The number of hydrogen-bond donors (Lipinski definition) is 2. The molecule has 0 aliphatic carbocycles. The number of nitrogens with two attached hydrogens (primary N) is 1. The summed E-state index contributed by atoms with van der Waals surface area (Å²) in [4.78, 5) is 12.8. The lowest BCUT2D eigenvalue weighted by Crippen LogP contribution is -2.44. The standard InChI is InChI=1S/C9H18N2O3/c1-14-8(13)11-5-2-3-9(10,7-12)4-6-11/h12H,2-7,10H2,1H3. The summed E-state index contributed by atoms with van der Waals surface area (Å²) in [7, 11) is 1.37. The molecular weight excluding hydrogens is 184 g/mol. The molecule has 1 unspecified atom stereocenters. The Hall–Kier alpha value is -0.810. The van der Waals surface area contributed by atoms with E-state index in [9.17, 15) is 4.79 Å². The van der Waals surface area contributed by atoms with E-state index in [1.165, 1.54) is 7.11 Å². The molecule has 1 saturated heterocycles. The first-order chi connectivity index (χ1) is 6.61. The maximum absolute atomic E-state index is 11.2. The molecule has 0 saturated carbocycles. The van der Waals surface area contributed by atoms with Gasteiger partial charge in [-0.25, -0.2) is 4.79 Å². The van der Waals surface area contributed by atoms with E-state index < -0.39 is 5.54 Å². The summed E-state index contributed by atoms with van der Waals surface area (Å²) < 4.78 is 4.63. The fourth-order valence-corrected chi connectivity index (χ4v) is 1.69. The summed E-state index contributed by atoms with van der Waals surface area (Å²) in [5.41, 5.74) is 5.41. The molecule has 1 fully saturated rings. The second-order valence-electron chi connectivity index (χ2n) is 3.83. The molecule has 0 spiro atoms.